The highest BCUT2D eigenvalue weighted by Gasteiger charge is 2.22. The fourth-order valence-electron chi connectivity index (χ4n) is 4.25. The second-order valence-corrected chi connectivity index (χ2v) is 8.68. The van der Waals surface area contributed by atoms with Crippen LogP contribution in [0.15, 0.2) is 48.7 Å². The SMILES string of the molecule is Cc1ccc2c(CN3CCC(c4cccc(NC(=O)C(C)C)c4)CC3)c[nH]c2c1. The van der Waals surface area contributed by atoms with Gasteiger partial charge in [-0.2, -0.15) is 0 Å². The van der Waals surface area contributed by atoms with Crippen LogP contribution >= 0.6 is 0 Å². The molecule has 1 aromatic heterocycles. The average molecular weight is 390 g/mol. The van der Waals surface area contributed by atoms with Crippen LogP contribution in [0.2, 0.25) is 0 Å². The molecule has 1 amide bonds. The molecule has 4 rings (SSSR count). The third-order valence-electron chi connectivity index (χ3n) is 6.05. The van der Waals surface area contributed by atoms with Crippen molar-refractivity contribution in [2.75, 3.05) is 18.4 Å². The van der Waals surface area contributed by atoms with E-state index >= 15 is 0 Å². The number of nitrogens with zero attached hydrogens (tertiary/aromatic N) is 1. The molecule has 2 heterocycles. The van der Waals surface area contributed by atoms with E-state index in [0.717, 1.165) is 38.2 Å². The van der Waals surface area contributed by atoms with Crippen molar-refractivity contribution in [3.05, 3.63) is 65.4 Å². The van der Waals surface area contributed by atoms with E-state index in [-0.39, 0.29) is 11.8 Å². The Morgan fingerprint density at radius 1 is 1.17 bits per heavy atom. The first kappa shape index (κ1) is 19.7. The highest BCUT2D eigenvalue weighted by atomic mass is 16.1. The van der Waals surface area contributed by atoms with Crippen LogP contribution < -0.4 is 5.32 Å². The van der Waals surface area contributed by atoms with Gasteiger partial charge in [0.25, 0.3) is 0 Å². The van der Waals surface area contributed by atoms with Crippen LogP contribution in [-0.4, -0.2) is 28.9 Å². The molecule has 0 saturated carbocycles. The number of piperidine rings is 1. The second kappa shape index (κ2) is 8.42. The van der Waals surface area contributed by atoms with Crippen LogP contribution in [-0.2, 0) is 11.3 Å². The molecule has 1 fully saturated rings. The minimum absolute atomic E-state index is 0.00433. The fraction of sp³-hybridized carbons (Fsp3) is 0.400. The first-order chi connectivity index (χ1) is 14.0. The van der Waals surface area contributed by atoms with Crippen LogP contribution in [0.25, 0.3) is 10.9 Å². The van der Waals surface area contributed by atoms with Gasteiger partial charge in [-0.3, -0.25) is 9.69 Å². The summed E-state index contributed by atoms with van der Waals surface area (Å²) in [6.07, 6.45) is 4.48. The van der Waals surface area contributed by atoms with Crippen LogP contribution in [0.1, 0.15) is 49.3 Å². The van der Waals surface area contributed by atoms with Crippen LogP contribution in [0, 0.1) is 12.8 Å². The van der Waals surface area contributed by atoms with E-state index in [1.807, 2.05) is 19.9 Å². The summed E-state index contributed by atoms with van der Waals surface area (Å²) < 4.78 is 0. The topological polar surface area (TPSA) is 48.1 Å². The second-order valence-electron chi connectivity index (χ2n) is 8.68. The number of carbonyl (C=O) groups excluding carboxylic acids is 1. The number of benzene rings is 2. The standard InChI is InChI=1S/C25H31N3O/c1-17(2)25(29)27-22-6-4-5-20(14-22)19-9-11-28(12-10-19)16-21-15-26-24-13-18(3)7-8-23(21)24/h4-8,13-15,17,19,26H,9-12,16H2,1-3H3,(H,27,29). The average Bonchev–Trinajstić information content (AvgIpc) is 3.10. The van der Waals surface area contributed by atoms with Gasteiger partial charge in [-0.05, 0) is 73.7 Å². The minimum atomic E-state index is -0.00433. The lowest BCUT2D eigenvalue weighted by molar-refractivity contribution is -0.118. The zero-order valence-corrected chi connectivity index (χ0v) is 17.7. The zero-order valence-electron chi connectivity index (χ0n) is 17.7. The number of nitrogens with one attached hydrogen (secondary N) is 2. The van der Waals surface area contributed by atoms with Gasteiger partial charge in [0.05, 0.1) is 0 Å². The van der Waals surface area contributed by atoms with E-state index in [1.54, 1.807) is 0 Å². The Balaban J connectivity index is 1.37. The van der Waals surface area contributed by atoms with Crippen molar-refractivity contribution in [1.29, 1.82) is 0 Å². The van der Waals surface area contributed by atoms with Crippen molar-refractivity contribution in [2.45, 2.75) is 46.1 Å². The van der Waals surface area contributed by atoms with Crippen molar-refractivity contribution < 1.29 is 4.79 Å². The first-order valence-electron chi connectivity index (χ1n) is 10.7. The number of H-pyrrole nitrogens is 1. The van der Waals surface area contributed by atoms with Gasteiger partial charge in [-0.1, -0.05) is 38.1 Å². The molecule has 4 heteroatoms. The Hall–Kier alpha value is -2.59. The van der Waals surface area contributed by atoms with E-state index in [0.29, 0.717) is 5.92 Å². The highest BCUT2D eigenvalue weighted by molar-refractivity contribution is 5.92. The van der Waals surface area contributed by atoms with Gasteiger partial charge >= 0.3 is 0 Å². The molecule has 0 atom stereocenters. The fourth-order valence-corrected chi connectivity index (χ4v) is 4.25. The Morgan fingerprint density at radius 3 is 2.72 bits per heavy atom. The third-order valence-corrected chi connectivity index (χ3v) is 6.05. The Kier molecular flexibility index (Phi) is 5.72. The molecule has 1 saturated heterocycles. The summed E-state index contributed by atoms with van der Waals surface area (Å²) in [6.45, 7) is 9.18. The van der Waals surface area contributed by atoms with Crippen molar-refractivity contribution >= 4 is 22.5 Å². The summed E-state index contributed by atoms with van der Waals surface area (Å²) >= 11 is 0. The van der Waals surface area contributed by atoms with E-state index in [1.165, 1.54) is 27.6 Å². The summed E-state index contributed by atoms with van der Waals surface area (Å²) in [7, 11) is 0. The van der Waals surface area contributed by atoms with Crippen LogP contribution in [0.3, 0.4) is 0 Å². The predicted molar refractivity (Wildman–Crippen MR) is 120 cm³/mol. The molecule has 1 aliphatic heterocycles. The Bertz CT molecular complexity index is 996. The number of hydrogen-bond acceptors (Lipinski definition) is 2. The summed E-state index contributed by atoms with van der Waals surface area (Å²) in [6, 6.07) is 15.0. The molecular formula is C25H31N3O. The first-order valence-corrected chi connectivity index (χ1v) is 10.7. The number of carbonyl (C=O) groups is 1. The molecule has 3 aromatic rings. The van der Waals surface area contributed by atoms with Gasteiger partial charge in [0.1, 0.15) is 0 Å². The van der Waals surface area contributed by atoms with Crippen molar-refractivity contribution in [3.8, 4) is 0 Å². The lowest BCUT2D eigenvalue weighted by atomic mass is 9.89. The Labute approximate surface area is 173 Å². The molecule has 2 N–H and O–H groups in total. The minimum Gasteiger partial charge on any atom is -0.361 e. The van der Waals surface area contributed by atoms with E-state index in [4.69, 9.17) is 0 Å². The Morgan fingerprint density at radius 2 is 1.97 bits per heavy atom. The van der Waals surface area contributed by atoms with Gasteiger partial charge in [-0.15, -0.1) is 0 Å². The lowest BCUT2D eigenvalue weighted by Gasteiger charge is -2.32. The summed E-state index contributed by atoms with van der Waals surface area (Å²) in [5.41, 5.74) is 6.16. The summed E-state index contributed by atoms with van der Waals surface area (Å²) in [4.78, 5) is 18.0. The molecule has 0 aliphatic carbocycles. The normalized spacial score (nSPS) is 15.9. The number of anilines is 1. The molecule has 152 valence electrons. The van der Waals surface area contributed by atoms with Gasteiger partial charge in [0.2, 0.25) is 5.91 Å². The smallest absolute Gasteiger partial charge is 0.226 e. The number of aromatic nitrogens is 1. The van der Waals surface area contributed by atoms with Gasteiger partial charge in [0.15, 0.2) is 0 Å². The number of likely N-dealkylation sites (tertiary alicyclic amines) is 1. The number of hydrogen-bond donors (Lipinski definition) is 2. The van der Waals surface area contributed by atoms with Crippen molar-refractivity contribution in [2.24, 2.45) is 5.92 Å². The maximum atomic E-state index is 12.0. The van der Waals surface area contributed by atoms with Crippen molar-refractivity contribution in [1.82, 2.24) is 9.88 Å². The van der Waals surface area contributed by atoms with E-state index in [2.05, 4.69) is 64.7 Å². The highest BCUT2D eigenvalue weighted by Crippen LogP contribution is 2.31. The molecular weight excluding hydrogens is 358 g/mol. The largest absolute Gasteiger partial charge is 0.361 e. The maximum absolute atomic E-state index is 12.0. The molecule has 4 nitrogen and oxygen atoms in total. The quantitative estimate of drug-likeness (QED) is 0.609. The number of aromatic amines is 1. The summed E-state index contributed by atoms with van der Waals surface area (Å²) in [5.74, 6) is 0.633. The predicted octanol–water partition coefficient (Wildman–Crippen LogP) is 5.45. The zero-order chi connectivity index (χ0) is 20.4. The maximum Gasteiger partial charge on any atom is 0.226 e. The molecule has 2 aromatic carbocycles. The van der Waals surface area contributed by atoms with Crippen molar-refractivity contribution in [3.63, 3.8) is 0 Å². The monoisotopic (exact) mass is 389 g/mol. The molecule has 0 radical (unpaired) electrons. The number of fused-ring (bicyclic) bond motifs is 1. The van der Waals surface area contributed by atoms with Crippen LogP contribution in [0.4, 0.5) is 5.69 Å². The van der Waals surface area contributed by atoms with E-state index < -0.39 is 0 Å². The number of rotatable bonds is 5. The third kappa shape index (κ3) is 4.54. The van der Waals surface area contributed by atoms with Crippen LogP contribution in [0.5, 0.6) is 0 Å². The lowest BCUT2D eigenvalue weighted by Crippen LogP contribution is -2.32. The molecule has 0 unspecified atom stereocenters. The molecule has 0 bridgehead atoms. The molecule has 0 spiro atoms. The molecule has 1 aliphatic rings. The van der Waals surface area contributed by atoms with Gasteiger partial charge < -0.3 is 10.3 Å². The van der Waals surface area contributed by atoms with Gasteiger partial charge in [-0.25, -0.2) is 0 Å². The summed E-state index contributed by atoms with van der Waals surface area (Å²) in [5, 5.41) is 4.37. The molecule has 29 heavy (non-hydrogen) atoms. The number of amides is 1. The van der Waals surface area contributed by atoms with Gasteiger partial charge in [0, 0.05) is 35.2 Å². The van der Waals surface area contributed by atoms with E-state index in [9.17, 15) is 4.79 Å². The number of aryl methyl sites for hydroxylation is 1.